The van der Waals surface area contributed by atoms with Crippen molar-refractivity contribution in [1.82, 2.24) is 10.9 Å². The van der Waals surface area contributed by atoms with Crippen LogP contribution in [0, 0.1) is 0 Å². The van der Waals surface area contributed by atoms with E-state index in [9.17, 15) is 9.59 Å². The van der Waals surface area contributed by atoms with E-state index in [4.69, 9.17) is 9.47 Å². The third kappa shape index (κ3) is 4.61. The van der Waals surface area contributed by atoms with Crippen LogP contribution in [0.25, 0.3) is 6.08 Å². The summed E-state index contributed by atoms with van der Waals surface area (Å²) in [6.07, 6.45) is 2.92. The molecule has 0 unspecified atom stereocenters. The number of nitrogens with one attached hydrogen (secondary N) is 2. The normalized spacial score (nSPS) is 10.2. The number of hydrogen-bond donors (Lipinski definition) is 2. The molecule has 0 bridgehead atoms. The second-order valence-corrected chi connectivity index (χ2v) is 4.75. The first-order valence-corrected chi connectivity index (χ1v) is 7.19. The molecular weight excluding hydrogens is 308 g/mol. The Hall–Kier alpha value is -3.28. The molecule has 2 aromatic carbocycles. The van der Waals surface area contributed by atoms with Crippen LogP contribution in [0.15, 0.2) is 54.6 Å². The summed E-state index contributed by atoms with van der Waals surface area (Å²) in [5.41, 5.74) is 5.83. The number of ether oxygens (including phenoxy) is 2. The summed E-state index contributed by atoms with van der Waals surface area (Å²) >= 11 is 0. The van der Waals surface area contributed by atoms with Crippen molar-refractivity contribution >= 4 is 17.9 Å². The van der Waals surface area contributed by atoms with Crippen LogP contribution in [0.4, 0.5) is 0 Å². The quantitative estimate of drug-likeness (QED) is 0.652. The van der Waals surface area contributed by atoms with Gasteiger partial charge in [-0.25, -0.2) is 0 Å². The molecule has 0 fully saturated rings. The maximum absolute atomic E-state index is 11.9. The Bertz CT molecular complexity index is 739. The topological polar surface area (TPSA) is 76.7 Å². The van der Waals surface area contributed by atoms with Gasteiger partial charge in [-0.3, -0.25) is 20.4 Å². The van der Waals surface area contributed by atoms with E-state index in [1.807, 2.05) is 18.2 Å². The van der Waals surface area contributed by atoms with Gasteiger partial charge in [0, 0.05) is 17.2 Å². The van der Waals surface area contributed by atoms with Crippen LogP contribution in [0.2, 0.25) is 0 Å². The van der Waals surface area contributed by atoms with Crippen LogP contribution in [0.3, 0.4) is 0 Å². The zero-order valence-electron chi connectivity index (χ0n) is 13.4. The van der Waals surface area contributed by atoms with Crippen LogP contribution in [0.5, 0.6) is 11.5 Å². The van der Waals surface area contributed by atoms with Crippen molar-refractivity contribution in [3.05, 3.63) is 65.7 Å². The first-order valence-electron chi connectivity index (χ1n) is 7.19. The van der Waals surface area contributed by atoms with Crippen LogP contribution < -0.4 is 20.3 Å². The SMILES string of the molecule is COc1ccc(C(=O)NNC(=O)C=Cc2ccccc2OC)cc1. The van der Waals surface area contributed by atoms with Gasteiger partial charge in [-0.05, 0) is 36.4 Å². The molecule has 0 aromatic heterocycles. The third-order valence-electron chi connectivity index (χ3n) is 3.20. The van der Waals surface area contributed by atoms with Crippen molar-refractivity contribution in [3.8, 4) is 11.5 Å². The molecule has 0 radical (unpaired) electrons. The number of hydrazine groups is 1. The van der Waals surface area contributed by atoms with E-state index in [0.717, 1.165) is 5.56 Å². The van der Waals surface area contributed by atoms with Crippen molar-refractivity contribution in [3.63, 3.8) is 0 Å². The van der Waals surface area contributed by atoms with E-state index >= 15 is 0 Å². The van der Waals surface area contributed by atoms with Gasteiger partial charge >= 0.3 is 0 Å². The van der Waals surface area contributed by atoms with Gasteiger partial charge in [0.1, 0.15) is 11.5 Å². The lowest BCUT2D eigenvalue weighted by atomic mass is 10.2. The number of benzene rings is 2. The number of carbonyl (C=O) groups is 2. The van der Waals surface area contributed by atoms with Crippen molar-refractivity contribution in [2.45, 2.75) is 0 Å². The van der Waals surface area contributed by atoms with Gasteiger partial charge in [-0.1, -0.05) is 18.2 Å². The fraction of sp³-hybridized carbons (Fsp3) is 0.111. The molecule has 0 heterocycles. The van der Waals surface area contributed by atoms with Crippen molar-refractivity contribution < 1.29 is 19.1 Å². The largest absolute Gasteiger partial charge is 0.497 e. The molecule has 6 nitrogen and oxygen atoms in total. The molecule has 0 aliphatic carbocycles. The lowest BCUT2D eigenvalue weighted by Crippen LogP contribution is -2.40. The Balaban J connectivity index is 1.90. The molecule has 2 aromatic rings. The van der Waals surface area contributed by atoms with E-state index in [-0.39, 0.29) is 0 Å². The second-order valence-electron chi connectivity index (χ2n) is 4.75. The first-order chi connectivity index (χ1) is 11.6. The van der Waals surface area contributed by atoms with Gasteiger partial charge in [0.2, 0.25) is 0 Å². The van der Waals surface area contributed by atoms with Gasteiger partial charge in [0.05, 0.1) is 14.2 Å². The fourth-order valence-corrected chi connectivity index (χ4v) is 1.94. The Labute approximate surface area is 140 Å². The number of para-hydroxylation sites is 1. The smallest absolute Gasteiger partial charge is 0.269 e. The number of hydrogen-bond acceptors (Lipinski definition) is 4. The average Bonchev–Trinajstić information content (AvgIpc) is 2.64. The molecule has 2 rings (SSSR count). The highest BCUT2D eigenvalue weighted by Crippen LogP contribution is 2.18. The Morgan fingerprint density at radius 1 is 0.917 bits per heavy atom. The van der Waals surface area contributed by atoms with E-state index in [2.05, 4.69) is 10.9 Å². The van der Waals surface area contributed by atoms with Crippen LogP contribution >= 0.6 is 0 Å². The summed E-state index contributed by atoms with van der Waals surface area (Å²) in [6.45, 7) is 0. The molecule has 2 N–H and O–H groups in total. The van der Waals surface area contributed by atoms with Crippen molar-refractivity contribution in [1.29, 1.82) is 0 Å². The van der Waals surface area contributed by atoms with Crippen LogP contribution in [-0.2, 0) is 4.79 Å². The molecule has 2 amide bonds. The standard InChI is InChI=1S/C18H18N2O4/c1-23-15-10-7-14(8-11-15)18(22)20-19-17(21)12-9-13-5-3-4-6-16(13)24-2/h3-12H,1-2H3,(H,19,21)(H,20,22). The minimum absolute atomic E-state index is 0.407. The van der Waals surface area contributed by atoms with E-state index < -0.39 is 11.8 Å². The summed E-state index contributed by atoms with van der Waals surface area (Å²) in [5, 5.41) is 0. The summed E-state index contributed by atoms with van der Waals surface area (Å²) in [5.74, 6) is 0.429. The van der Waals surface area contributed by atoms with Crippen LogP contribution in [-0.4, -0.2) is 26.0 Å². The number of carbonyl (C=O) groups excluding carboxylic acids is 2. The molecule has 0 atom stereocenters. The number of amides is 2. The third-order valence-corrected chi connectivity index (χ3v) is 3.20. The molecule has 24 heavy (non-hydrogen) atoms. The Kier molecular flexibility index (Phi) is 5.96. The van der Waals surface area contributed by atoms with E-state index in [1.54, 1.807) is 50.6 Å². The predicted octanol–water partition coefficient (Wildman–Crippen LogP) is 2.18. The number of rotatable bonds is 5. The maximum Gasteiger partial charge on any atom is 0.269 e. The molecular formula is C18H18N2O4. The van der Waals surface area contributed by atoms with Crippen molar-refractivity contribution in [2.75, 3.05) is 14.2 Å². The predicted molar refractivity (Wildman–Crippen MR) is 90.6 cm³/mol. The zero-order chi connectivity index (χ0) is 17.4. The minimum Gasteiger partial charge on any atom is -0.497 e. The van der Waals surface area contributed by atoms with Gasteiger partial charge in [0.15, 0.2) is 0 Å². The summed E-state index contributed by atoms with van der Waals surface area (Å²) < 4.78 is 10.2. The van der Waals surface area contributed by atoms with E-state index in [1.165, 1.54) is 6.08 Å². The number of methoxy groups -OCH3 is 2. The lowest BCUT2D eigenvalue weighted by molar-refractivity contribution is -0.117. The highest BCUT2D eigenvalue weighted by molar-refractivity contribution is 5.98. The van der Waals surface area contributed by atoms with Crippen LogP contribution in [0.1, 0.15) is 15.9 Å². The molecule has 6 heteroatoms. The van der Waals surface area contributed by atoms with Gasteiger partial charge in [-0.2, -0.15) is 0 Å². The fourth-order valence-electron chi connectivity index (χ4n) is 1.94. The van der Waals surface area contributed by atoms with Gasteiger partial charge < -0.3 is 9.47 Å². The summed E-state index contributed by atoms with van der Waals surface area (Å²) in [7, 11) is 3.10. The van der Waals surface area contributed by atoms with Gasteiger partial charge in [0.25, 0.3) is 11.8 Å². The Morgan fingerprint density at radius 2 is 1.62 bits per heavy atom. The molecule has 124 valence electrons. The minimum atomic E-state index is -0.456. The summed E-state index contributed by atoms with van der Waals surface area (Å²) in [4.78, 5) is 23.7. The van der Waals surface area contributed by atoms with Gasteiger partial charge in [-0.15, -0.1) is 0 Å². The molecule has 0 saturated heterocycles. The molecule has 0 aliphatic rings. The summed E-state index contributed by atoms with van der Waals surface area (Å²) in [6, 6.07) is 13.8. The molecule has 0 saturated carbocycles. The highest BCUT2D eigenvalue weighted by atomic mass is 16.5. The monoisotopic (exact) mass is 326 g/mol. The molecule has 0 aliphatic heterocycles. The van der Waals surface area contributed by atoms with E-state index in [0.29, 0.717) is 17.1 Å². The first kappa shape index (κ1) is 17.1. The highest BCUT2D eigenvalue weighted by Gasteiger charge is 2.06. The Morgan fingerprint density at radius 3 is 2.29 bits per heavy atom. The molecule has 0 spiro atoms. The average molecular weight is 326 g/mol. The second kappa shape index (κ2) is 8.38. The zero-order valence-corrected chi connectivity index (χ0v) is 13.4. The lowest BCUT2D eigenvalue weighted by Gasteiger charge is -2.06. The maximum atomic E-state index is 11.9. The van der Waals surface area contributed by atoms with Crippen molar-refractivity contribution in [2.24, 2.45) is 0 Å².